The molecule has 2 unspecified atom stereocenters. The minimum absolute atomic E-state index is 0.371. The zero-order chi connectivity index (χ0) is 26.0. The summed E-state index contributed by atoms with van der Waals surface area (Å²) in [5, 5.41) is 12.9. The number of halogens is 2. The van der Waals surface area contributed by atoms with Gasteiger partial charge < -0.3 is 19.6 Å². The van der Waals surface area contributed by atoms with E-state index in [1.807, 2.05) is 0 Å². The Kier molecular flexibility index (Phi) is 7.46. The first-order valence-electron chi connectivity index (χ1n) is 12.6. The lowest BCUT2D eigenvalue weighted by Gasteiger charge is -2.39. The van der Waals surface area contributed by atoms with Crippen LogP contribution in [-0.2, 0) is 14.3 Å². The summed E-state index contributed by atoms with van der Waals surface area (Å²) in [6.45, 7) is 0.763. The third kappa shape index (κ3) is 5.35. The number of anilines is 1. The molecule has 2 heterocycles. The fraction of sp³-hybridized carbons (Fsp3) is 0.444. The predicted octanol–water partition coefficient (Wildman–Crippen LogP) is 5.58. The van der Waals surface area contributed by atoms with E-state index in [2.05, 4.69) is 10.3 Å². The van der Waals surface area contributed by atoms with E-state index in [0.717, 1.165) is 12.8 Å². The normalized spacial score (nSPS) is 23.0. The van der Waals surface area contributed by atoms with Crippen LogP contribution in [0, 0.1) is 5.92 Å². The molecular weight excluding hydrogens is 501 g/mol. The van der Waals surface area contributed by atoms with Gasteiger partial charge in [-0.3, -0.25) is 9.59 Å². The molecule has 1 saturated carbocycles. The minimum Gasteiger partial charge on any atom is -0.481 e. The summed E-state index contributed by atoms with van der Waals surface area (Å²) in [7, 11) is 0. The van der Waals surface area contributed by atoms with Crippen molar-refractivity contribution in [2.75, 3.05) is 18.4 Å². The number of nitrogens with zero attached hydrogens (tertiary/aromatic N) is 2. The number of carbonyl (C=O) groups excluding carboxylic acids is 1. The standard InChI is InChI=1S/C27H29ClFN3O5/c28-20-5-1-2-6-21(20)31-24(18-9-12-22-23(15-18)36-16-30-22)25(33)27(29,32-13-3-4-14-32)37-19-10-7-17(8-11-19)26(34)35/h1-2,5-6,9,12,15-17,19,24,31H,3-4,7-8,10-11,13-14H2,(H,34,35). The average molecular weight is 530 g/mol. The lowest BCUT2D eigenvalue weighted by Crippen LogP contribution is -2.56. The maximum absolute atomic E-state index is 17.1. The van der Waals surface area contributed by atoms with Gasteiger partial charge in [0, 0.05) is 13.1 Å². The number of aliphatic carboxylic acids is 1. The van der Waals surface area contributed by atoms with Gasteiger partial charge in [0.05, 0.1) is 22.7 Å². The molecule has 2 atom stereocenters. The van der Waals surface area contributed by atoms with Gasteiger partial charge >= 0.3 is 11.9 Å². The summed E-state index contributed by atoms with van der Waals surface area (Å²) in [6.07, 6.45) is 3.76. The molecule has 2 aromatic carbocycles. The molecule has 0 radical (unpaired) electrons. The van der Waals surface area contributed by atoms with Gasteiger partial charge in [-0.15, -0.1) is 0 Å². The molecule has 196 valence electrons. The monoisotopic (exact) mass is 529 g/mol. The van der Waals surface area contributed by atoms with E-state index in [0.29, 0.717) is 66.1 Å². The highest BCUT2D eigenvalue weighted by atomic mass is 35.5. The SMILES string of the molecule is O=C(O)C1CCC(OC(F)(C(=O)C(Nc2ccccc2Cl)c2ccc3ncoc3c2)N2CCCC2)CC1. The van der Waals surface area contributed by atoms with Crippen LogP contribution in [-0.4, -0.2) is 51.9 Å². The van der Waals surface area contributed by atoms with Crippen LogP contribution in [0.1, 0.15) is 50.1 Å². The lowest BCUT2D eigenvalue weighted by atomic mass is 9.87. The fourth-order valence-corrected chi connectivity index (χ4v) is 5.40. The Hall–Kier alpha value is -3.01. The van der Waals surface area contributed by atoms with Crippen molar-refractivity contribution in [2.24, 2.45) is 5.92 Å². The van der Waals surface area contributed by atoms with Crippen LogP contribution < -0.4 is 5.32 Å². The largest absolute Gasteiger partial charge is 0.481 e. The smallest absolute Gasteiger partial charge is 0.332 e. The number of ether oxygens (including phenoxy) is 1. The number of carbonyl (C=O) groups is 2. The molecule has 0 spiro atoms. The molecule has 1 aliphatic heterocycles. The van der Waals surface area contributed by atoms with Crippen LogP contribution in [0.15, 0.2) is 53.3 Å². The highest BCUT2D eigenvalue weighted by Gasteiger charge is 2.52. The Morgan fingerprint density at radius 1 is 1.16 bits per heavy atom. The summed E-state index contributed by atoms with van der Waals surface area (Å²) in [6, 6.07) is 10.9. The van der Waals surface area contributed by atoms with Gasteiger partial charge in [-0.1, -0.05) is 29.8 Å². The van der Waals surface area contributed by atoms with Crippen LogP contribution in [0.4, 0.5) is 10.1 Å². The Bertz CT molecular complexity index is 1270. The number of ketones is 1. The molecular formula is C27H29ClFN3O5. The number of aromatic nitrogens is 1. The van der Waals surface area contributed by atoms with Crippen LogP contribution >= 0.6 is 11.6 Å². The van der Waals surface area contributed by atoms with Gasteiger partial charge in [-0.25, -0.2) is 9.88 Å². The van der Waals surface area contributed by atoms with Crippen LogP contribution in [0.25, 0.3) is 11.1 Å². The van der Waals surface area contributed by atoms with E-state index in [1.165, 1.54) is 11.3 Å². The van der Waals surface area contributed by atoms with Crippen molar-refractivity contribution in [3.05, 3.63) is 59.4 Å². The number of hydrogen-bond donors (Lipinski definition) is 2. The molecule has 2 fully saturated rings. The van der Waals surface area contributed by atoms with E-state index in [1.54, 1.807) is 42.5 Å². The molecule has 2 N–H and O–H groups in total. The van der Waals surface area contributed by atoms with Crippen LogP contribution in [0.2, 0.25) is 5.02 Å². The Morgan fingerprint density at radius 3 is 2.59 bits per heavy atom. The van der Waals surface area contributed by atoms with E-state index in [9.17, 15) is 14.7 Å². The second-order valence-corrected chi connectivity index (χ2v) is 10.1. The number of alkyl halides is 1. The first kappa shape index (κ1) is 25.6. The molecule has 37 heavy (non-hydrogen) atoms. The molecule has 2 aliphatic rings. The molecule has 0 amide bonds. The number of Topliss-reactive ketones (excluding diaryl/α,β-unsaturated/α-hetero) is 1. The summed E-state index contributed by atoms with van der Waals surface area (Å²) < 4.78 is 28.5. The first-order valence-corrected chi connectivity index (χ1v) is 13.0. The highest BCUT2D eigenvalue weighted by Crippen LogP contribution is 2.38. The van der Waals surface area contributed by atoms with Crippen molar-refractivity contribution >= 4 is 40.1 Å². The Labute approximate surface area is 218 Å². The van der Waals surface area contributed by atoms with Crippen molar-refractivity contribution in [2.45, 2.75) is 56.6 Å². The number of likely N-dealkylation sites (tertiary alicyclic amines) is 1. The summed E-state index contributed by atoms with van der Waals surface area (Å²) in [4.78, 5) is 31.2. The van der Waals surface area contributed by atoms with Crippen molar-refractivity contribution < 1.29 is 28.2 Å². The van der Waals surface area contributed by atoms with Gasteiger partial charge in [0.15, 0.2) is 12.0 Å². The molecule has 1 saturated heterocycles. The predicted molar refractivity (Wildman–Crippen MR) is 136 cm³/mol. The molecule has 0 bridgehead atoms. The molecule has 10 heteroatoms. The number of rotatable bonds is 9. The number of carboxylic acids is 1. The minimum atomic E-state index is -2.70. The number of carboxylic acid groups (broad SMARTS) is 1. The third-order valence-corrected chi connectivity index (χ3v) is 7.62. The van der Waals surface area contributed by atoms with Crippen molar-refractivity contribution in [1.82, 2.24) is 9.88 Å². The van der Waals surface area contributed by atoms with Gasteiger partial charge in [0.25, 0.3) is 0 Å². The van der Waals surface area contributed by atoms with Gasteiger partial charge in [-0.2, -0.15) is 4.39 Å². The van der Waals surface area contributed by atoms with Gasteiger partial charge in [0.1, 0.15) is 11.6 Å². The fourth-order valence-electron chi connectivity index (χ4n) is 5.20. The van der Waals surface area contributed by atoms with E-state index in [4.69, 9.17) is 20.8 Å². The molecule has 1 aliphatic carbocycles. The maximum Gasteiger partial charge on any atom is 0.332 e. The second kappa shape index (κ2) is 10.8. The number of nitrogens with one attached hydrogen (secondary N) is 1. The first-order chi connectivity index (χ1) is 17.8. The van der Waals surface area contributed by atoms with E-state index < -0.39 is 35.8 Å². The second-order valence-electron chi connectivity index (χ2n) is 9.69. The number of fused-ring (bicyclic) bond motifs is 1. The highest BCUT2D eigenvalue weighted by molar-refractivity contribution is 6.33. The van der Waals surface area contributed by atoms with E-state index in [-0.39, 0.29) is 0 Å². The van der Waals surface area contributed by atoms with Crippen molar-refractivity contribution in [3.63, 3.8) is 0 Å². The zero-order valence-corrected chi connectivity index (χ0v) is 21.0. The molecule has 1 aromatic heterocycles. The quantitative estimate of drug-likeness (QED) is 0.346. The van der Waals surface area contributed by atoms with Gasteiger partial charge in [0.2, 0.25) is 5.78 Å². The zero-order valence-electron chi connectivity index (χ0n) is 20.2. The van der Waals surface area contributed by atoms with E-state index >= 15 is 4.39 Å². The Morgan fingerprint density at radius 2 is 1.89 bits per heavy atom. The number of hydrogen-bond acceptors (Lipinski definition) is 7. The number of oxazole rings is 1. The number of para-hydroxylation sites is 1. The summed E-state index contributed by atoms with van der Waals surface area (Å²) in [5.41, 5.74) is 2.04. The summed E-state index contributed by atoms with van der Waals surface area (Å²) >= 11 is 6.39. The van der Waals surface area contributed by atoms with Crippen molar-refractivity contribution in [3.8, 4) is 0 Å². The topological polar surface area (TPSA) is 105 Å². The number of benzene rings is 2. The average Bonchev–Trinajstić information content (AvgIpc) is 3.60. The molecule has 5 rings (SSSR count). The van der Waals surface area contributed by atoms with Crippen LogP contribution in [0.5, 0.6) is 0 Å². The van der Waals surface area contributed by atoms with Crippen molar-refractivity contribution in [1.29, 1.82) is 0 Å². The molecule has 3 aromatic rings. The Balaban J connectivity index is 1.49. The lowest BCUT2D eigenvalue weighted by molar-refractivity contribution is -0.253. The van der Waals surface area contributed by atoms with Gasteiger partial charge in [-0.05, 0) is 68.4 Å². The summed E-state index contributed by atoms with van der Waals surface area (Å²) in [5.74, 6) is -4.83. The third-order valence-electron chi connectivity index (χ3n) is 7.29. The maximum atomic E-state index is 17.1. The van der Waals surface area contributed by atoms with Crippen LogP contribution in [0.3, 0.4) is 0 Å². The molecule has 8 nitrogen and oxygen atoms in total.